The third kappa shape index (κ3) is 4.72. The minimum atomic E-state index is -3.75. The van der Waals surface area contributed by atoms with Crippen molar-refractivity contribution in [3.63, 3.8) is 0 Å². The molecule has 204 valence electrons. The summed E-state index contributed by atoms with van der Waals surface area (Å²) in [4.78, 5) is 25.1. The van der Waals surface area contributed by atoms with E-state index in [4.69, 9.17) is 8.92 Å². The Kier molecular flexibility index (Phi) is 7.35. The van der Waals surface area contributed by atoms with Crippen molar-refractivity contribution in [2.75, 3.05) is 6.61 Å². The first-order valence-corrected chi connectivity index (χ1v) is 15.3. The Morgan fingerprint density at radius 1 is 1.08 bits per heavy atom. The summed E-state index contributed by atoms with van der Waals surface area (Å²) in [5.74, 6) is 1.46. The Morgan fingerprint density at radius 3 is 2.42 bits per heavy atom. The molecule has 0 saturated heterocycles. The number of Topliss-reactive ketones (excluding diaryl/α,β-unsaturated/α-hetero) is 1. The van der Waals surface area contributed by atoms with Crippen LogP contribution in [0.25, 0.3) is 0 Å². The van der Waals surface area contributed by atoms with Gasteiger partial charge in [-0.3, -0.25) is 13.8 Å². The lowest BCUT2D eigenvalue weighted by atomic mass is 9.47. The highest BCUT2D eigenvalue weighted by Gasteiger charge is 2.59. The maximum absolute atomic E-state index is 12.7. The third-order valence-corrected chi connectivity index (χ3v) is 12.4. The molecule has 0 aromatic carbocycles. The summed E-state index contributed by atoms with van der Waals surface area (Å²) in [6, 6.07) is 0. The molecular formula is C29H46O6S. The van der Waals surface area contributed by atoms with Gasteiger partial charge in [-0.2, -0.15) is 8.42 Å². The Bertz CT molecular complexity index is 1020. The Labute approximate surface area is 218 Å². The number of esters is 1. The quantitative estimate of drug-likeness (QED) is 0.247. The topological polar surface area (TPSA) is 86.7 Å². The van der Waals surface area contributed by atoms with E-state index >= 15 is 0 Å². The fourth-order valence-electron chi connectivity index (χ4n) is 8.11. The van der Waals surface area contributed by atoms with Crippen LogP contribution in [-0.2, 0) is 28.6 Å². The van der Waals surface area contributed by atoms with Gasteiger partial charge in [0.25, 0.3) is 10.1 Å². The molecule has 8 atom stereocenters. The van der Waals surface area contributed by atoms with E-state index in [1.807, 2.05) is 0 Å². The van der Waals surface area contributed by atoms with Crippen LogP contribution in [0.5, 0.6) is 0 Å². The highest BCUT2D eigenvalue weighted by atomic mass is 32.2. The van der Waals surface area contributed by atoms with Gasteiger partial charge in [0.2, 0.25) is 0 Å². The number of carbonyl (C=O) groups is 2. The standard InChI is InChI=1S/C29H46O6S/c1-18(17-34-36(32,33)27(3,4)5)26(31)35-21-12-14-28(6)20(16-21)8-9-22-24-11-10-23(19(2)30)29(24,7)15-13-25(22)28/h8,18,21-25H,9-17H2,1-7H3. The van der Waals surface area contributed by atoms with E-state index in [0.29, 0.717) is 23.5 Å². The van der Waals surface area contributed by atoms with Crippen LogP contribution in [-0.4, -0.2) is 37.6 Å². The van der Waals surface area contributed by atoms with Crippen molar-refractivity contribution in [2.24, 2.45) is 40.4 Å². The van der Waals surface area contributed by atoms with Crippen molar-refractivity contribution in [1.82, 2.24) is 0 Å². The predicted molar refractivity (Wildman–Crippen MR) is 140 cm³/mol. The third-order valence-electron chi connectivity index (χ3n) is 10.5. The fraction of sp³-hybridized carbons (Fsp3) is 0.862. The Hall–Kier alpha value is -1.21. The van der Waals surface area contributed by atoms with Crippen LogP contribution >= 0.6 is 0 Å². The minimum Gasteiger partial charge on any atom is -0.462 e. The molecule has 8 unspecified atom stereocenters. The maximum atomic E-state index is 12.7. The fourth-order valence-corrected chi connectivity index (χ4v) is 8.85. The van der Waals surface area contributed by atoms with E-state index in [0.717, 1.165) is 38.5 Å². The zero-order chi connectivity index (χ0) is 26.7. The summed E-state index contributed by atoms with van der Waals surface area (Å²) < 4.78 is 34.4. The summed E-state index contributed by atoms with van der Waals surface area (Å²) in [5.41, 5.74) is 1.72. The SMILES string of the molecule is CC(=O)C1CCC2C3CC=C4CC(OC(=O)C(C)COS(=O)(=O)C(C)(C)C)CCC4(C)C3CCC12C. The number of fused-ring (bicyclic) bond motifs is 5. The van der Waals surface area contributed by atoms with Crippen molar-refractivity contribution in [3.05, 3.63) is 11.6 Å². The molecular weight excluding hydrogens is 476 g/mol. The van der Waals surface area contributed by atoms with Gasteiger partial charge in [-0.1, -0.05) is 25.5 Å². The lowest BCUT2D eigenvalue weighted by Gasteiger charge is -2.58. The highest BCUT2D eigenvalue weighted by Crippen LogP contribution is 2.66. The van der Waals surface area contributed by atoms with Crippen LogP contribution < -0.4 is 0 Å². The van der Waals surface area contributed by atoms with E-state index < -0.39 is 26.8 Å². The van der Waals surface area contributed by atoms with Crippen LogP contribution in [0.2, 0.25) is 0 Å². The lowest BCUT2D eigenvalue weighted by molar-refractivity contribution is -0.157. The van der Waals surface area contributed by atoms with E-state index in [9.17, 15) is 18.0 Å². The molecule has 6 nitrogen and oxygen atoms in total. The minimum absolute atomic E-state index is 0.136. The molecule has 0 aliphatic heterocycles. The van der Waals surface area contributed by atoms with E-state index in [1.165, 1.54) is 18.4 Å². The Morgan fingerprint density at radius 2 is 1.78 bits per heavy atom. The second kappa shape index (κ2) is 9.52. The monoisotopic (exact) mass is 522 g/mol. The van der Waals surface area contributed by atoms with Crippen molar-refractivity contribution in [3.8, 4) is 0 Å². The van der Waals surface area contributed by atoms with Crippen LogP contribution in [0.3, 0.4) is 0 Å². The molecule has 0 bridgehead atoms. The molecule has 0 aromatic heterocycles. The van der Waals surface area contributed by atoms with Gasteiger partial charge in [0.1, 0.15) is 11.9 Å². The number of ether oxygens (including phenoxy) is 1. The number of hydrogen-bond acceptors (Lipinski definition) is 6. The van der Waals surface area contributed by atoms with Gasteiger partial charge in [-0.05, 0) is 108 Å². The number of allylic oxidation sites excluding steroid dienone is 1. The van der Waals surface area contributed by atoms with Crippen molar-refractivity contribution < 1.29 is 26.9 Å². The zero-order valence-electron chi connectivity index (χ0n) is 23.3. The summed E-state index contributed by atoms with van der Waals surface area (Å²) in [6.07, 6.45) is 10.4. The molecule has 7 heteroatoms. The molecule has 0 N–H and O–H groups in total. The zero-order valence-corrected chi connectivity index (χ0v) is 24.1. The highest BCUT2D eigenvalue weighted by molar-refractivity contribution is 7.88. The summed E-state index contributed by atoms with van der Waals surface area (Å²) in [7, 11) is -3.75. The van der Waals surface area contributed by atoms with Gasteiger partial charge in [0.05, 0.1) is 17.3 Å². The molecule has 36 heavy (non-hydrogen) atoms. The molecule has 4 aliphatic carbocycles. The van der Waals surface area contributed by atoms with Crippen LogP contribution in [0.1, 0.15) is 99.8 Å². The molecule has 0 radical (unpaired) electrons. The van der Waals surface area contributed by atoms with Gasteiger partial charge < -0.3 is 4.74 Å². The van der Waals surface area contributed by atoms with Crippen molar-refractivity contribution in [1.29, 1.82) is 0 Å². The maximum Gasteiger partial charge on any atom is 0.311 e. The van der Waals surface area contributed by atoms with Crippen LogP contribution in [0, 0.1) is 40.4 Å². The molecule has 3 saturated carbocycles. The first-order chi connectivity index (χ1) is 16.6. The summed E-state index contributed by atoms with van der Waals surface area (Å²) in [5, 5.41) is 0. The van der Waals surface area contributed by atoms with Crippen LogP contribution in [0.4, 0.5) is 0 Å². The molecule has 0 spiro atoms. The van der Waals surface area contributed by atoms with Crippen molar-refractivity contribution in [2.45, 2.75) is 111 Å². The van der Waals surface area contributed by atoms with E-state index in [-0.39, 0.29) is 29.5 Å². The average molecular weight is 523 g/mol. The van der Waals surface area contributed by atoms with Gasteiger partial charge in [0.15, 0.2) is 0 Å². The number of hydrogen-bond donors (Lipinski definition) is 0. The Balaban J connectivity index is 1.39. The van der Waals surface area contributed by atoms with Gasteiger partial charge in [-0.25, -0.2) is 0 Å². The van der Waals surface area contributed by atoms with Gasteiger partial charge in [0, 0.05) is 12.3 Å². The molecule has 0 amide bonds. The number of ketones is 1. The molecule has 3 fully saturated rings. The molecule has 4 rings (SSSR count). The summed E-state index contributed by atoms with van der Waals surface area (Å²) >= 11 is 0. The second-order valence-electron chi connectivity index (χ2n) is 13.6. The van der Waals surface area contributed by atoms with E-state index in [2.05, 4.69) is 19.9 Å². The molecule has 0 heterocycles. The van der Waals surface area contributed by atoms with Crippen molar-refractivity contribution >= 4 is 21.9 Å². The first-order valence-electron chi connectivity index (χ1n) is 13.9. The normalized spacial score (nSPS) is 39.3. The average Bonchev–Trinajstić information content (AvgIpc) is 3.14. The smallest absolute Gasteiger partial charge is 0.311 e. The molecule has 0 aromatic rings. The summed E-state index contributed by atoms with van der Waals surface area (Å²) in [6.45, 7) is 12.8. The van der Waals surface area contributed by atoms with Gasteiger partial charge >= 0.3 is 5.97 Å². The second-order valence-corrected chi connectivity index (χ2v) is 16.0. The number of carbonyl (C=O) groups excluding carboxylic acids is 2. The van der Waals surface area contributed by atoms with Gasteiger partial charge in [-0.15, -0.1) is 0 Å². The largest absolute Gasteiger partial charge is 0.462 e. The lowest BCUT2D eigenvalue weighted by Crippen LogP contribution is -2.51. The van der Waals surface area contributed by atoms with E-state index in [1.54, 1.807) is 34.6 Å². The van der Waals surface area contributed by atoms with Crippen LogP contribution in [0.15, 0.2) is 11.6 Å². The molecule has 4 aliphatic rings. The number of rotatable bonds is 6. The first kappa shape index (κ1) is 27.8. The predicted octanol–water partition coefficient (Wildman–Crippen LogP) is 5.85.